The summed E-state index contributed by atoms with van der Waals surface area (Å²) in [5, 5.41) is 12.8. The number of amides is 1. The molecule has 0 aliphatic heterocycles. The molecule has 0 aliphatic rings. The second-order valence-electron chi connectivity index (χ2n) is 18.2. The molecule has 0 radical (unpaired) electrons. The number of hydrogen-bond acceptors (Lipinski definition) is 7. The van der Waals surface area contributed by atoms with Crippen LogP contribution in [0.25, 0.3) is 0 Å². The lowest BCUT2D eigenvalue weighted by Gasteiger charge is -2.15. The fourth-order valence-electron chi connectivity index (χ4n) is 7.56. The smallest absolute Gasteiger partial charge is 0.463 e. The Morgan fingerprint density at radius 2 is 0.851 bits per heavy atom. The van der Waals surface area contributed by atoms with E-state index in [2.05, 4.69) is 92.1 Å². The molecule has 0 fully saturated rings. The summed E-state index contributed by atoms with van der Waals surface area (Å²) in [4.78, 5) is 34.1. The van der Waals surface area contributed by atoms with Crippen LogP contribution < -0.4 is 5.32 Å². The number of aliphatic hydroxyl groups excluding tert-OH is 1. The van der Waals surface area contributed by atoms with Gasteiger partial charge >= 0.3 is 13.8 Å². The maximum atomic E-state index is 12.2. The summed E-state index contributed by atoms with van der Waals surface area (Å²) in [7, 11) is -4.43. The molecule has 2 atom stereocenters. The third kappa shape index (κ3) is 54.3. The molecule has 0 saturated carbocycles. The topological polar surface area (TPSA) is 131 Å². The van der Waals surface area contributed by atoms with E-state index in [4.69, 9.17) is 13.8 Å². The van der Waals surface area contributed by atoms with Crippen LogP contribution in [0.4, 0.5) is 0 Å². The van der Waals surface area contributed by atoms with E-state index in [1.165, 1.54) is 128 Å². The molecule has 0 rings (SSSR count). The third-order valence-corrected chi connectivity index (χ3v) is 12.6. The number of ether oxygens (including phenoxy) is 1. The van der Waals surface area contributed by atoms with Crippen LogP contribution in [-0.4, -0.2) is 54.3 Å². The predicted molar refractivity (Wildman–Crippen MR) is 284 cm³/mol. The average Bonchev–Trinajstić information content (AvgIpc) is 3.32. The van der Waals surface area contributed by atoms with Gasteiger partial charge in [0.25, 0.3) is 0 Å². The van der Waals surface area contributed by atoms with E-state index >= 15 is 0 Å². The molecule has 0 aromatic rings. The van der Waals surface area contributed by atoms with Gasteiger partial charge in [0, 0.05) is 19.4 Å². The second-order valence-corrected chi connectivity index (χ2v) is 19.6. The van der Waals surface area contributed by atoms with Gasteiger partial charge in [-0.3, -0.25) is 18.6 Å². The maximum absolute atomic E-state index is 12.2. The molecule has 3 N–H and O–H groups in total. The van der Waals surface area contributed by atoms with E-state index in [9.17, 15) is 24.2 Å². The summed E-state index contributed by atoms with van der Waals surface area (Å²) in [5.41, 5.74) is 0. The zero-order valence-corrected chi connectivity index (χ0v) is 44.0. The van der Waals surface area contributed by atoms with Gasteiger partial charge in [-0.1, -0.05) is 241 Å². The highest BCUT2D eigenvalue weighted by Gasteiger charge is 2.23. The van der Waals surface area contributed by atoms with Crippen molar-refractivity contribution < 1.29 is 37.9 Å². The van der Waals surface area contributed by atoms with E-state index in [-0.39, 0.29) is 32.1 Å². The third-order valence-electron chi connectivity index (χ3n) is 11.7. The molecule has 0 aromatic heterocycles. The van der Waals surface area contributed by atoms with Crippen LogP contribution in [0, 0.1) is 0 Å². The summed E-state index contributed by atoms with van der Waals surface area (Å²) in [6.07, 6.45) is 67.1. The number of rotatable bonds is 51. The van der Waals surface area contributed by atoms with Crippen LogP contribution in [-0.2, 0) is 27.9 Å². The summed E-state index contributed by atoms with van der Waals surface area (Å²) in [5.74, 6) is -0.537. The molecule has 0 bridgehead atoms. The molecule has 1 amide bonds. The summed E-state index contributed by atoms with van der Waals surface area (Å²) >= 11 is 0. The highest BCUT2D eigenvalue weighted by Crippen LogP contribution is 2.42. The zero-order chi connectivity index (χ0) is 48.8. The van der Waals surface area contributed by atoms with Crippen LogP contribution in [0.5, 0.6) is 0 Å². The van der Waals surface area contributed by atoms with Gasteiger partial charge in [-0.05, 0) is 64.2 Å². The van der Waals surface area contributed by atoms with E-state index < -0.39 is 26.5 Å². The Kier molecular flexibility index (Phi) is 50.8. The lowest BCUT2D eigenvalue weighted by Crippen LogP contribution is -2.27. The quantitative estimate of drug-likeness (QED) is 0.0238. The van der Waals surface area contributed by atoms with Crippen molar-refractivity contribution in [3.63, 3.8) is 0 Å². The fraction of sp³-hybridized carbons (Fsp3) is 0.754. The van der Waals surface area contributed by atoms with Gasteiger partial charge in [-0.15, -0.1) is 0 Å². The number of aliphatic hydroxyl groups is 1. The normalized spacial score (nSPS) is 13.7. The van der Waals surface area contributed by atoms with Crippen LogP contribution in [0.15, 0.2) is 72.9 Å². The van der Waals surface area contributed by atoms with Crippen LogP contribution in [0.3, 0.4) is 0 Å². The molecular formula is C57H102NO8P. The Morgan fingerprint density at radius 1 is 0.478 bits per heavy atom. The van der Waals surface area contributed by atoms with Crippen LogP contribution in [0.2, 0.25) is 0 Å². The number of phosphoric acid groups is 1. The number of carbonyl (C=O) groups is 2. The van der Waals surface area contributed by atoms with E-state index in [1.807, 2.05) is 0 Å². The van der Waals surface area contributed by atoms with Gasteiger partial charge in [0.1, 0.15) is 12.7 Å². The SMILES string of the molecule is CC/C=C\C/C=C\C/C=C\C/C=C\C/C=C\C/C=C\CCCCCCC(=O)OCC(O)COP(=O)(O)OCCNC(=O)CCCCCCCCCCCCCCCCCCCCCCCCC. The Labute approximate surface area is 411 Å². The molecule has 67 heavy (non-hydrogen) atoms. The fourth-order valence-corrected chi connectivity index (χ4v) is 8.32. The van der Waals surface area contributed by atoms with E-state index in [0.29, 0.717) is 12.8 Å². The molecule has 0 saturated heterocycles. The maximum Gasteiger partial charge on any atom is 0.472 e. The number of hydrogen-bond donors (Lipinski definition) is 3. The summed E-state index contributed by atoms with van der Waals surface area (Å²) < 4.78 is 27.0. The van der Waals surface area contributed by atoms with Crippen molar-refractivity contribution in [2.45, 2.75) is 251 Å². The summed E-state index contributed by atoms with van der Waals surface area (Å²) in [6, 6.07) is 0. The Bertz CT molecular complexity index is 1320. The highest BCUT2D eigenvalue weighted by atomic mass is 31.2. The van der Waals surface area contributed by atoms with Crippen molar-refractivity contribution in [1.82, 2.24) is 5.32 Å². The van der Waals surface area contributed by atoms with Crippen LogP contribution in [0.1, 0.15) is 245 Å². The first-order chi connectivity index (χ1) is 32.8. The van der Waals surface area contributed by atoms with Gasteiger partial charge in [0.2, 0.25) is 5.91 Å². The first-order valence-corrected chi connectivity index (χ1v) is 28.9. The van der Waals surface area contributed by atoms with Crippen molar-refractivity contribution in [2.75, 3.05) is 26.4 Å². The van der Waals surface area contributed by atoms with Gasteiger partial charge in [-0.2, -0.15) is 0 Å². The minimum Gasteiger partial charge on any atom is -0.463 e. The number of carbonyl (C=O) groups excluding carboxylic acids is 2. The number of unbranched alkanes of at least 4 members (excludes halogenated alkanes) is 26. The van der Waals surface area contributed by atoms with E-state index in [0.717, 1.165) is 83.5 Å². The molecule has 2 unspecified atom stereocenters. The molecule has 0 aliphatic carbocycles. The predicted octanol–water partition coefficient (Wildman–Crippen LogP) is 16.6. The Hall–Kier alpha value is -2.55. The highest BCUT2D eigenvalue weighted by molar-refractivity contribution is 7.47. The number of esters is 1. The van der Waals surface area contributed by atoms with Crippen molar-refractivity contribution in [3.05, 3.63) is 72.9 Å². The van der Waals surface area contributed by atoms with Crippen LogP contribution >= 0.6 is 7.82 Å². The summed E-state index contributed by atoms with van der Waals surface area (Å²) in [6.45, 7) is 3.44. The first-order valence-electron chi connectivity index (χ1n) is 27.4. The van der Waals surface area contributed by atoms with Crippen molar-refractivity contribution >= 4 is 19.7 Å². The molecule has 0 spiro atoms. The van der Waals surface area contributed by atoms with Crippen molar-refractivity contribution in [2.24, 2.45) is 0 Å². The monoisotopic (exact) mass is 960 g/mol. The Balaban J connectivity index is 3.59. The lowest BCUT2D eigenvalue weighted by molar-refractivity contribution is -0.147. The average molecular weight is 960 g/mol. The lowest BCUT2D eigenvalue weighted by atomic mass is 10.0. The van der Waals surface area contributed by atoms with Gasteiger partial charge < -0.3 is 20.1 Å². The second kappa shape index (κ2) is 52.8. The molecular weight excluding hydrogens is 858 g/mol. The number of nitrogens with one attached hydrogen (secondary N) is 1. The molecule has 0 aromatic carbocycles. The molecule has 388 valence electrons. The molecule has 10 heteroatoms. The molecule has 0 heterocycles. The first kappa shape index (κ1) is 64.5. The zero-order valence-electron chi connectivity index (χ0n) is 43.1. The van der Waals surface area contributed by atoms with Gasteiger partial charge in [0.05, 0.1) is 13.2 Å². The van der Waals surface area contributed by atoms with Crippen molar-refractivity contribution in [1.29, 1.82) is 0 Å². The standard InChI is InChI=1S/C57H102NO8P/c1-3-5-7-9-11-13-15-17-19-21-23-25-27-29-31-33-35-37-39-41-43-45-47-49-56(60)58-51-52-65-67(62,63)66-54-55(59)53-64-57(61)50-48-46-44-42-40-38-36-34-32-30-28-26-24-22-20-18-16-14-12-10-8-6-4-2/h6,8,12,14,18,20,24,26,30,32,36,38,55,59H,3-5,7,9-11,13,15-17,19,21-23,25,27-29,31,33-35,37,39-54H2,1-2H3,(H,58,60)(H,62,63)/b8-6-,14-12-,20-18-,26-24-,32-30-,38-36-. The largest absolute Gasteiger partial charge is 0.472 e. The molecule has 9 nitrogen and oxygen atoms in total. The van der Waals surface area contributed by atoms with E-state index in [1.54, 1.807) is 0 Å². The minimum absolute atomic E-state index is 0.0781. The Morgan fingerprint density at radius 3 is 1.28 bits per heavy atom. The van der Waals surface area contributed by atoms with Gasteiger partial charge in [0.15, 0.2) is 0 Å². The van der Waals surface area contributed by atoms with Crippen molar-refractivity contribution in [3.8, 4) is 0 Å². The minimum atomic E-state index is -4.43. The van der Waals surface area contributed by atoms with Gasteiger partial charge in [-0.25, -0.2) is 4.57 Å². The number of allylic oxidation sites excluding steroid dienone is 12. The number of phosphoric ester groups is 1.